The van der Waals surface area contributed by atoms with E-state index in [1.54, 1.807) is 24.4 Å². The Bertz CT molecular complexity index is 993. The highest BCUT2D eigenvalue weighted by Gasteiger charge is 2.24. The molecule has 0 aliphatic rings. The summed E-state index contributed by atoms with van der Waals surface area (Å²) in [6, 6.07) is 7.24. The molecule has 0 unspecified atom stereocenters. The first kappa shape index (κ1) is 23.6. The van der Waals surface area contributed by atoms with E-state index in [9.17, 15) is 18.0 Å². The third kappa shape index (κ3) is 6.43. The highest BCUT2D eigenvalue weighted by atomic mass is 32.2. The van der Waals surface area contributed by atoms with Gasteiger partial charge in [-0.2, -0.15) is 0 Å². The number of thiophene rings is 1. The molecule has 0 saturated carbocycles. The van der Waals surface area contributed by atoms with Crippen molar-refractivity contribution in [3.63, 3.8) is 0 Å². The van der Waals surface area contributed by atoms with Crippen LogP contribution in [0.4, 0.5) is 5.00 Å². The largest absolute Gasteiger partial charge is 0.494 e. The van der Waals surface area contributed by atoms with Gasteiger partial charge in [0.1, 0.15) is 22.1 Å². The molecule has 0 saturated heterocycles. The molecule has 0 bridgehead atoms. The molecule has 0 radical (unpaired) electrons. The lowest BCUT2D eigenvalue weighted by atomic mass is 10.0. The molecule has 2 rings (SSSR count). The molecule has 162 valence electrons. The molecule has 1 aromatic heterocycles. The molecule has 0 aliphatic carbocycles. The highest BCUT2D eigenvalue weighted by molar-refractivity contribution is 7.92. The Morgan fingerprint density at radius 2 is 1.90 bits per heavy atom. The quantitative estimate of drug-likeness (QED) is 0.411. The maximum absolute atomic E-state index is 12.6. The van der Waals surface area contributed by atoms with E-state index in [1.807, 2.05) is 19.1 Å². The summed E-state index contributed by atoms with van der Waals surface area (Å²) in [5, 5.41) is 4.50. The smallest absolute Gasteiger partial charge is 0.341 e. The van der Waals surface area contributed by atoms with Crippen LogP contribution in [0.25, 0.3) is 11.1 Å². The van der Waals surface area contributed by atoms with E-state index in [-0.39, 0.29) is 22.9 Å². The van der Waals surface area contributed by atoms with Crippen LogP contribution in [0.1, 0.15) is 30.6 Å². The zero-order chi connectivity index (χ0) is 22.1. The number of hydrogen-bond acceptors (Lipinski definition) is 7. The fraction of sp³-hybridized carbons (Fsp3) is 0.333. The Kier molecular flexibility index (Phi) is 8.61. The molecule has 1 heterocycles. The third-order valence-corrected chi connectivity index (χ3v) is 6.23. The summed E-state index contributed by atoms with van der Waals surface area (Å²) in [5.41, 5.74) is 1.53. The summed E-state index contributed by atoms with van der Waals surface area (Å²) in [7, 11) is -3.61. The number of sulfone groups is 1. The Balaban J connectivity index is 2.32. The first-order chi connectivity index (χ1) is 14.3. The molecule has 2 aromatic rings. The first-order valence-corrected chi connectivity index (χ1v) is 12.1. The SMILES string of the molecule is C=CCS(=O)(=O)CC(=O)Nc1scc(-c2ccc(OCCC)cc2)c1C(=O)OCC. The molecule has 0 fully saturated rings. The van der Waals surface area contributed by atoms with Crippen LogP contribution >= 0.6 is 11.3 Å². The lowest BCUT2D eigenvalue weighted by Crippen LogP contribution is -2.24. The molecule has 0 spiro atoms. The van der Waals surface area contributed by atoms with Crippen LogP contribution in [0.5, 0.6) is 5.75 Å². The number of esters is 1. The molecule has 30 heavy (non-hydrogen) atoms. The van der Waals surface area contributed by atoms with Crippen LogP contribution in [0.15, 0.2) is 42.3 Å². The number of nitrogens with one attached hydrogen (secondary N) is 1. The van der Waals surface area contributed by atoms with Crippen LogP contribution in [0.3, 0.4) is 0 Å². The van der Waals surface area contributed by atoms with E-state index in [1.165, 1.54) is 6.08 Å². The average Bonchev–Trinajstić information content (AvgIpc) is 3.09. The standard InChI is InChI=1S/C21H25NO6S2/c1-4-11-28-16-9-7-15(8-10-16)17-13-29-20(19(17)21(24)27-6-3)22-18(23)14-30(25,26)12-5-2/h5,7-10,13H,2,4,6,11-12,14H2,1,3H3,(H,22,23). The lowest BCUT2D eigenvalue weighted by Gasteiger charge is -2.10. The fourth-order valence-electron chi connectivity index (χ4n) is 2.62. The van der Waals surface area contributed by atoms with Gasteiger partial charge in [-0.3, -0.25) is 4.79 Å². The van der Waals surface area contributed by atoms with Gasteiger partial charge in [0.2, 0.25) is 5.91 Å². The number of rotatable bonds is 11. The normalized spacial score (nSPS) is 11.0. The molecule has 9 heteroatoms. The van der Waals surface area contributed by atoms with Crippen LogP contribution < -0.4 is 10.1 Å². The Morgan fingerprint density at radius 3 is 2.50 bits per heavy atom. The zero-order valence-electron chi connectivity index (χ0n) is 17.0. The van der Waals surface area contributed by atoms with Crippen molar-refractivity contribution in [1.82, 2.24) is 0 Å². The van der Waals surface area contributed by atoms with Crippen LogP contribution in [-0.4, -0.2) is 45.0 Å². The number of amides is 1. The van der Waals surface area contributed by atoms with Crippen molar-refractivity contribution in [3.05, 3.63) is 47.9 Å². The number of carbonyl (C=O) groups is 2. The van der Waals surface area contributed by atoms with Crippen molar-refractivity contribution in [1.29, 1.82) is 0 Å². The number of benzene rings is 1. The molecular weight excluding hydrogens is 426 g/mol. The van der Waals surface area contributed by atoms with Gasteiger partial charge in [0, 0.05) is 10.9 Å². The van der Waals surface area contributed by atoms with Gasteiger partial charge in [-0.15, -0.1) is 17.9 Å². The van der Waals surface area contributed by atoms with Crippen molar-refractivity contribution >= 4 is 38.1 Å². The Hall–Kier alpha value is -2.65. The highest BCUT2D eigenvalue weighted by Crippen LogP contribution is 2.37. The van der Waals surface area contributed by atoms with Gasteiger partial charge in [0.25, 0.3) is 0 Å². The van der Waals surface area contributed by atoms with Crippen molar-refractivity contribution in [2.24, 2.45) is 0 Å². The minimum absolute atomic E-state index is 0.166. The van der Waals surface area contributed by atoms with Crippen LogP contribution in [-0.2, 0) is 19.4 Å². The Morgan fingerprint density at radius 1 is 1.20 bits per heavy atom. The minimum atomic E-state index is -3.61. The molecule has 0 aliphatic heterocycles. The molecule has 1 N–H and O–H groups in total. The summed E-state index contributed by atoms with van der Waals surface area (Å²) >= 11 is 1.13. The second-order valence-electron chi connectivity index (χ2n) is 6.34. The number of ether oxygens (including phenoxy) is 2. The van der Waals surface area contributed by atoms with Crippen LogP contribution in [0, 0.1) is 0 Å². The molecule has 7 nitrogen and oxygen atoms in total. The summed E-state index contributed by atoms with van der Waals surface area (Å²) < 4.78 is 34.4. The summed E-state index contributed by atoms with van der Waals surface area (Å²) in [6.07, 6.45) is 2.12. The van der Waals surface area contributed by atoms with Crippen molar-refractivity contribution in [2.45, 2.75) is 20.3 Å². The number of carbonyl (C=O) groups excluding carboxylic acids is 2. The third-order valence-electron chi connectivity index (χ3n) is 3.88. The van der Waals surface area contributed by atoms with Gasteiger partial charge in [0.05, 0.1) is 19.0 Å². The maximum Gasteiger partial charge on any atom is 0.341 e. The van der Waals surface area contributed by atoms with Gasteiger partial charge in [0.15, 0.2) is 9.84 Å². The predicted molar refractivity (Wildman–Crippen MR) is 119 cm³/mol. The van der Waals surface area contributed by atoms with E-state index in [0.29, 0.717) is 12.2 Å². The van der Waals surface area contributed by atoms with Crippen LogP contribution in [0.2, 0.25) is 0 Å². The van der Waals surface area contributed by atoms with Crippen molar-refractivity contribution < 1.29 is 27.5 Å². The summed E-state index contributed by atoms with van der Waals surface area (Å²) in [4.78, 5) is 24.8. The molecular formula is C21H25NO6S2. The number of hydrogen-bond donors (Lipinski definition) is 1. The monoisotopic (exact) mass is 451 g/mol. The van der Waals surface area contributed by atoms with Crippen molar-refractivity contribution in [3.8, 4) is 16.9 Å². The first-order valence-electron chi connectivity index (χ1n) is 9.44. The Labute approximate surface area is 180 Å². The summed E-state index contributed by atoms with van der Waals surface area (Å²) in [5.74, 6) is -1.59. The average molecular weight is 452 g/mol. The van der Waals surface area contributed by atoms with Gasteiger partial charge in [-0.25, -0.2) is 13.2 Å². The second-order valence-corrected chi connectivity index (χ2v) is 9.33. The van der Waals surface area contributed by atoms with Gasteiger partial charge >= 0.3 is 5.97 Å². The molecule has 1 amide bonds. The molecule has 0 atom stereocenters. The minimum Gasteiger partial charge on any atom is -0.494 e. The summed E-state index contributed by atoms with van der Waals surface area (Å²) in [6.45, 7) is 7.85. The van der Waals surface area contributed by atoms with Crippen molar-refractivity contribution in [2.75, 3.05) is 30.0 Å². The second kappa shape index (κ2) is 10.9. The van der Waals surface area contributed by atoms with E-state index in [4.69, 9.17) is 9.47 Å². The van der Waals surface area contributed by atoms with E-state index < -0.39 is 27.5 Å². The lowest BCUT2D eigenvalue weighted by molar-refractivity contribution is -0.113. The molecule has 1 aromatic carbocycles. The predicted octanol–water partition coefficient (Wildman–Crippen LogP) is 3.92. The fourth-order valence-corrected chi connectivity index (χ4v) is 4.54. The van der Waals surface area contributed by atoms with E-state index in [0.717, 1.165) is 29.1 Å². The maximum atomic E-state index is 12.6. The topological polar surface area (TPSA) is 98.8 Å². The van der Waals surface area contributed by atoms with E-state index >= 15 is 0 Å². The van der Waals surface area contributed by atoms with Gasteiger partial charge in [-0.1, -0.05) is 25.1 Å². The van der Waals surface area contributed by atoms with E-state index in [2.05, 4.69) is 11.9 Å². The zero-order valence-corrected chi connectivity index (χ0v) is 18.6. The number of anilines is 1. The van der Waals surface area contributed by atoms with Gasteiger partial charge < -0.3 is 14.8 Å². The van der Waals surface area contributed by atoms with Gasteiger partial charge in [-0.05, 0) is 31.0 Å².